The highest BCUT2D eigenvalue weighted by Crippen LogP contribution is 2.09. The van der Waals surface area contributed by atoms with Crippen LogP contribution in [0.2, 0.25) is 0 Å². The zero-order chi connectivity index (χ0) is 10.1. The van der Waals surface area contributed by atoms with Crippen LogP contribution in [0.1, 0.15) is 5.56 Å². The molecule has 0 fully saturated rings. The van der Waals surface area contributed by atoms with E-state index in [-0.39, 0.29) is 6.42 Å². The predicted molar refractivity (Wildman–Crippen MR) is 48.7 cm³/mol. The van der Waals surface area contributed by atoms with Gasteiger partial charge >= 0.3 is 5.97 Å². The van der Waals surface area contributed by atoms with E-state index < -0.39 is 5.97 Å². The van der Waals surface area contributed by atoms with Gasteiger partial charge in [-0.1, -0.05) is 0 Å². The number of anilines is 1. The minimum absolute atomic E-state index is 0.0829. The van der Waals surface area contributed by atoms with Crippen molar-refractivity contribution in [3.63, 3.8) is 0 Å². The van der Waals surface area contributed by atoms with Crippen molar-refractivity contribution in [2.24, 2.45) is 0 Å². The Balaban J connectivity index is 2.52. The number of carboxylic acids is 1. The molecular formula is C8H8N4O2. The molecule has 0 atom stereocenters. The average Bonchev–Trinajstić information content (AvgIpc) is 2.47. The number of nitrogens with two attached hydrogens (primary N) is 1. The van der Waals surface area contributed by atoms with Crippen molar-refractivity contribution < 1.29 is 9.90 Å². The first-order valence-corrected chi connectivity index (χ1v) is 3.96. The van der Waals surface area contributed by atoms with Crippen molar-refractivity contribution >= 4 is 17.3 Å². The molecule has 2 aromatic heterocycles. The standard InChI is InChI=1S/C8H8N4O2/c9-6-3-10-8-5(1-7(13)14)2-11-12(8)4-6/h2-4H,1,9H2,(H,13,14). The van der Waals surface area contributed by atoms with Gasteiger partial charge < -0.3 is 10.8 Å². The van der Waals surface area contributed by atoms with Gasteiger partial charge in [-0.3, -0.25) is 4.79 Å². The summed E-state index contributed by atoms with van der Waals surface area (Å²) in [5, 5.41) is 12.6. The maximum absolute atomic E-state index is 10.5. The molecule has 0 amide bonds. The van der Waals surface area contributed by atoms with Gasteiger partial charge in [-0.15, -0.1) is 0 Å². The topological polar surface area (TPSA) is 93.5 Å². The first-order valence-electron chi connectivity index (χ1n) is 3.96. The summed E-state index contributed by atoms with van der Waals surface area (Å²) in [6, 6.07) is 0. The Hall–Kier alpha value is -2.11. The van der Waals surface area contributed by atoms with E-state index in [1.807, 2.05) is 0 Å². The van der Waals surface area contributed by atoms with Crippen LogP contribution in [-0.2, 0) is 11.2 Å². The highest BCUT2D eigenvalue weighted by molar-refractivity contribution is 5.73. The number of nitrogen functional groups attached to an aromatic ring is 1. The summed E-state index contributed by atoms with van der Waals surface area (Å²) in [7, 11) is 0. The molecule has 2 heterocycles. The van der Waals surface area contributed by atoms with Crippen LogP contribution >= 0.6 is 0 Å². The lowest BCUT2D eigenvalue weighted by atomic mass is 10.2. The van der Waals surface area contributed by atoms with Crippen molar-refractivity contribution in [1.82, 2.24) is 14.6 Å². The third-order valence-electron chi connectivity index (χ3n) is 1.79. The van der Waals surface area contributed by atoms with Crippen LogP contribution in [0.25, 0.3) is 5.65 Å². The van der Waals surface area contributed by atoms with Crippen LogP contribution in [-0.4, -0.2) is 25.7 Å². The lowest BCUT2D eigenvalue weighted by molar-refractivity contribution is -0.136. The predicted octanol–water partition coefficient (Wildman–Crippen LogP) is -0.0614. The van der Waals surface area contributed by atoms with E-state index in [4.69, 9.17) is 10.8 Å². The number of fused-ring (bicyclic) bond motifs is 1. The maximum atomic E-state index is 10.5. The van der Waals surface area contributed by atoms with Gasteiger partial charge in [0.05, 0.1) is 30.7 Å². The van der Waals surface area contributed by atoms with Gasteiger partial charge in [-0.05, 0) is 0 Å². The fourth-order valence-electron chi connectivity index (χ4n) is 1.23. The molecule has 2 aromatic rings. The number of nitrogens with zero attached hydrogens (tertiary/aromatic N) is 3. The van der Waals surface area contributed by atoms with Gasteiger partial charge in [0.1, 0.15) is 0 Å². The summed E-state index contributed by atoms with van der Waals surface area (Å²) >= 11 is 0. The molecule has 6 nitrogen and oxygen atoms in total. The van der Waals surface area contributed by atoms with Crippen molar-refractivity contribution in [2.75, 3.05) is 5.73 Å². The van der Waals surface area contributed by atoms with E-state index in [2.05, 4.69) is 10.1 Å². The first kappa shape index (κ1) is 8.49. The van der Waals surface area contributed by atoms with Crippen LogP contribution in [0.3, 0.4) is 0 Å². The quantitative estimate of drug-likeness (QED) is 0.695. The average molecular weight is 192 g/mol. The molecule has 6 heteroatoms. The summed E-state index contributed by atoms with van der Waals surface area (Å²) in [6.07, 6.45) is 4.46. The molecule has 0 aliphatic rings. The fourth-order valence-corrected chi connectivity index (χ4v) is 1.23. The van der Waals surface area contributed by atoms with Crippen molar-refractivity contribution in [2.45, 2.75) is 6.42 Å². The van der Waals surface area contributed by atoms with Crippen LogP contribution < -0.4 is 5.73 Å². The van der Waals surface area contributed by atoms with E-state index in [0.717, 1.165) is 0 Å². The van der Waals surface area contributed by atoms with E-state index >= 15 is 0 Å². The Labute approximate surface area is 79.0 Å². The molecular weight excluding hydrogens is 184 g/mol. The molecule has 0 bridgehead atoms. The van der Waals surface area contributed by atoms with Crippen molar-refractivity contribution in [1.29, 1.82) is 0 Å². The van der Waals surface area contributed by atoms with E-state index in [1.54, 1.807) is 6.20 Å². The lowest BCUT2D eigenvalue weighted by Crippen LogP contribution is -2.01. The van der Waals surface area contributed by atoms with Crippen molar-refractivity contribution in [3.8, 4) is 0 Å². The number of hydrogen-bond donors (Lipinski definition) is 2. The lowest BCUT2D eigenvalue weighted by Gasteiger charge is -1.95. The Kier molecular flexibility index (Phi) is 1.81. The van der Waals surface area contributed by atoms with Crippen LogP contribution in [0.15, 0.2) is 18.6 Å². The smallest absolute Gasteiger partial charge is 0.308 e. The van der Waals surface area contributed by atoms with Gasteiger partial charge in [-0.25, -0.2) is 9.50 Å². The third kappa shape index (κ3) is 1.37. The summed E-state index contributed by atoms with van der Waals surface area (Å²) in [4.78, 5) is 14.5. The highest BCUT2D eigenvalue weighted by Gasteiger charge is 2.08. The first-order chi connectivity index (χ1) is 6.66. The van der Waals surface area contributed by atoms with E-state index in [9.17, 15) is 4.79 Å². The van der Waals surface area contributed by atoms with Gasteiger partial charge in [0.25, 0.3) is 0 Å². The Morgan fingerprint density at radius 3 is 3.07 bits per heavy atom. The largest absolute Gasteiger partial charge is 0.481 e. The van der Waals surface area contributed by atoms with Gasteiger partial charge in [0.2, 0.25) is 0 Å². The second-order valence-corrected chi connectivity index (χ2v) is 2.90. The number of aliphatic carboxylic acids is 1. The van der Waals surface area contributed by atoms with E-state index in [0.29, 0.717) is 16.9 Å². The zero-order valence-electron chi connectivity index (χ0n) is 7.21. The molecule has 0 aromatic carbocycles. The second kappa shape index (κ2) is 2.99. The van der Waals surface area contributed by atoms with E-state index in [1.165, 1.54) is 16.9 Å². The van der Waals surface area contributed by atoms with Crippen LogP contribution in [0.4, 0.5) is 5.69 Å². The summed E-state index contributed by atoms with van der Waals surface area (Å²) in [6.45, 7) is 0. The second-order valence-electron chi connectivity index (χ2n) is 2.90. The van der Waals surface area contributed by atoms with Crippen LogP contribution in [0, 0.1) is 0 Å². The van der Waals surface area contributed by atoms with Crippen molar-refractivity contribution in [3.05, 3.63) is 24.2 Å². The molecule has 72 valence electrons. The molecule has 0 saturated heterocycles. The highest BCUT2D eigenvalue weighted by atomic mass is 16.4. The third-order valence-corrected chi connectivity index (χ3v) is 1.79. The molecule has 2 rings (SSSR count). The van der Waals surface area contributed by atoms with Gasteiger partial charge in [-0.2, -0.15) is 5.10 Å². The maximum Gasteiger partial charge on any atom is 0.308 e. The number of rotatable bonds is 2. The monoisotopic (exact) mass is 192 g/mol. The minimum atomic E-state index is -0.904. The SMILES string of the molecule is Nc1cnc2c(CC(=O)O)cnn2c1. The Bertz CT molecular complexity index is 491. The zero-order valence-corrected chi connectivity index (χ0v) is 7.21. The number of aromatic nitrogens is 3. The summed E-state index contributed by atoms with van der Waals surface area (Å²) in [5.41, 5.74) is 7.09. The molecule has 0 aliphatic carbocycles. The Morgan fingerprint density at radius 2 is 2.36 bits per heavy atom. The molecule has 0 unspecified atom stereocenters. The van der Waals surface area contributed by atoms with Crippen LogP contribution in [0.5, 0.6) is 0 Å². The van der Waals surface area contributed by atoms with Gasteiger partial charge in [0.15, 0.2) is 5.65 Å². The Morgan fingerprint density at radius 1 is 1.57 bits per heavy atom. The molecule has 3 N–H and O–H groups in total. The molecule has 0 radical (unpaired) electrons. The molecule has 0 spiro atoms. The number of carboxylic acid groups (broad SMARTS) is 1. The number of hydrogen-bond acceptors (Lipinski definition) is 4. The fraction of sp³-hybridized carbons (Fsp3) is 0.125. The molecule has 0 aliphatic heterocycles. The molecule has 0 saturated carbocycles. The summed E-state index contributed by atoms with van der Waals surface area (Å²) < 4.78 is 1.47. The number of carbonyl (C=O) groups is 1. The normalized spacial score (nSPS) is 10.6. The minimum Gasteiger partial charge on any atom is -0.481 e. The summed E-state index contributed by atoms with van der Waals surface area (Å²) in [5.74, 6) is -0.904. The van der Waals surface area contributed by atoms with Gasteiger partial charge in [0, 0.05) is 5.56 Å². The molecule has 14 heavy (non-hydrogen) atoms.